The molecule has 0 aliphatic carbocycles. The van der Waals surface area contributed by atoms with Crippen LogP contribution in [0.25, 0.3) is 16.9 Å². The normalized spacial score (nSPS) is 11.3. The number of benzene rings is 1. The summed E-state index contributed by atoms with van der Waals surface area (Å²) in [5.41, 5.74) is 12.2. The average Bonchev–Trinajstić information content (AvgIpc) is 2.87. The van der Waals surface area contributed by atoms with Crippen LogP contribution in [0.5, 0.6) is 0 Å². The number of nitrogens with two attached hydrogens (primary N) is 1. The van der Waals surface area contributed by atoms with Crippen molar-refractivity contribution in [3.05, 3.63) is 53.0 Å². The largest absolute Gasteiger partial charge is 0.330 e. The van der Waals surface area contributed by atoms with Crippen LogP contribution in [0.4, 0.5) is 0 Å². The fourth-order valence-corrected chi connectivity index (χ4v) is 3.05. The molecule has 0 bridgehead atoms. The lowest BCUT2D eigenvalue weighted by atomic mass is 10.1. The number of rotatable bonds is 5. The highest BCUT2D eigenvalue weighted by Crippen LogP contribution is 2.24. The number of hydrogen-bond donors (Lipinski definition) is 1. The van der Waals surface area contributed by atoms with Crippen molar-refractivity contribution in [1.82, 2.24) is 14.5 Å². The Kier molecular flexibility index (Phi) is 4.44. The van der Waals surface area contributed by atoms with Gasteiger partial charge in [-0.25, -0.2) is 9.97 Å². The lowest BCUT2D eigenvalue weighted by Gasteiger charge is -2.10. The van der Waals surface area contributed by atoms with Crippen molar-refractivity contribution in [2.75, 3.05) is 6.54 Å². The molecule has 0 spiro atoms. The zero-order valence-corrected chi connectivity index (χ0v) is 14.1. The summed E-state index contributed by atoms with van der Waals surface area (Å²) in [5.74, 6) is 1.08. The van der Waals surface area contributed by atoms with E-state index in [4.69, 9.17) is 15.7 Å². The Labute approximate surface area is 137 Å². The Hall–Kier alpha value is -2.20. The molecule has 0 aliphatic rings. The zero-order chi connectivity index (χ0) is 16.4. The van der Waals surface area contributed by atoms with Gasteiger partial charge in [-0.3, -0.25) is 4.57 Å². The van der Waals surface area contributed by atoms with E-state index in [-0.39, 0.29) is 0 Å². The van der Waals surface area contributed by atoms with E-state index in [0.717, 1.165) is 47.6 Å². The van der Waals surface area contributed by atoms with E-state index in [1.54, 1.807) is 0 Å². The quantitative estimate of drug-likeness (QED) is 0.785. The van der Waals surface area contributed by atoms with Gasteiger partial charge in [-0.05, 0) is 62.6 Å². The van der Waals surface area contributed by atoms with Gasteiger partial charge in [0.2, 0.25) is 0 Å². The molecule has 4 nitrogen and oxygen atoms in total. The molecule has 3 aromatic rings. The molecule has 2 N–H and O–H groups in total. The Morgan fingerprint density at radius 3 is 2.43 bits per heavy atom. The molecule has 4 heteroatoms. The van der Waals surface area contributed by atoms with Gasteiger partial charge in [-0.2, -0.15) is 0 Å². The molecule has 0 atom stereocenters. The summed E-state index contributed by atoms with van der Waals surface area (Å²) in [5, 5.41) is 0. The van der Waals surface area contributed by atoms with E-state index in [1.165, 1.54) is 11.1 Å². The molecule has 120 valence electrons. The summed E-state index contributed by atoms with van der Waals surface area (Å²) in [6.07, 6.45) is 2.91. The predicted octanol–water partition coefficient (Wildman–Crippen LogP) is 3.49. The van der Waals surface area contributed by atoms with Crippen LogP contribution >= 0.6 is 0 Å². The van der Waals surface area contributed by atoms with Crippen LogP contribution in [0.2, 0.25) is 0 Å². The summed E-state index contributed by atoms with van der Waals surface area (Å²) in [7, 11) is 0. The van der Waals surface area contributed by atoms with E-state index in [1.807, 2.05) is 6.92 Å². The molecule has 0 amide bonds. The van der Waals surface area contributed by atoms with Crippen LogP contribution in [-0.2, 0) is 12.8 Å². The van der Waals surface area contributed by atoms with Crippen LogP contribution in [0.15, 0.2) is 30.3 Å². The Balaban J connectivity index is 2.19. The Morgan fingerprint density at radius 2 is 1.78 bits per heavy atom. The van der Waals surface area contributed by atoms with Gasteiger partial charge >= 0.3 is 0 Å². The molecule has 0 radical (unpaired) electrons. The first-order valence-electron chi connectivity index (χ1n) is 8.29. The van der Waals surface area contributed by atoms with Crippen molar-refractivity contribution < 1.29 is 0 Å². The smallest absolute Gasteiger partial charge is 0.165 e. The van der Waals surface area contributed by atoms with Gasteiger partial charge < -0.3 is 5.73 Å². The first-order valence-corrected chi connectivity index (χ1v) is 8.29. The number of aromatic nitrogens is 3. The molecule has 0 saturated carbocycles. The van der Waals surface area contributed by atoms with E-state index in [2.05, 4.69) is 48.7 Å². The van der Waals surface area contributed by atoms with Crippen molar-refractivity contribution in [3.8, 4) is 5.69 Å². The van der Waals surface area contributed by atoms with Crippen LogP contribution in [0.3, 0.4) is 0 Å². The van der Waals surface area contributed by atoms with Crippen LogP contribution in [0, 0.1) is 13.8 Å². The van der Waals surface area contributed by atoms with Gasteiger partial charge in [0.1, 0.15) is 11.3 Å². The Morgan fingerprint density at radius 1 is 1.04 bits per heavy atom. The average molecular weight is 308 g/mol. The summed E-state index contributed by atoms with van der Waals surface area (Å²) >= 11 is 0. The molecule has 0 aliphatic heterocycles. The lowest BCUT2D eigenvalue weighted by Crippen LogP contribution is -2.04. The van der Waals surface area contributed by atoms with Gasteiger partial charge in [0.15, 0.2) is 5.65 Å². The van der Waals surface area contributed by atoms with Crippen molar-refractivity contribution in [3.63, 3.8) is 0 Å². The minimum absolute atomic E-state index is 0.675. The van der Waals surface area contributed by atoms with E-state index in [9.17, 15) is 0 Å². The molecule has 2 heterocycles. The maximum absolute atomic E-state index is 5.64. The van der Waals surface area contributed by atoms with Crippen LogP contribution in [-0.4, -0.2) is 21.1 Å². The minimum Gasteiger partial charge on any atom is -0.330 e. The number of imidazole rings is 1. The third-order valence-corrected chi connectivity index (χ3v) is 4.10. The SMILES string of the molecule is CCCc1nc2c(C)cc(C)nc2n1-c1ccc(CCN)cc1. The van der Waals surface area contributed by atoms with Gasteiger partial charge in [-0.15, -0.1) is 0 Å². The first kappa shape index (κ1) is 15.7. The molecular weight excluding hydrogens is 284 g/mol. The number of nitrogens with zero attached hydrogens (tertiary/aromatic N) is 3. The van der Waals surface area contributed by atoms with E-state index in [0.29, 0.717) is 6.54 Å². The topological polar surface area (TPSA) is 56.7 Å². The third kappa shape index (κ3) is 2.99. The second kappa shape index (κ2) is 6.50. The molecule has 3 rings (SSSR count). The second-order valence-electron chi connectivity index (χ2n) is 6.07. The highest BCUT2D eigenvalue weighted by Gasteiger charge is 2.15. The van der Waals surface area contributed by atoms with Crippen molar-refractivity contribution in [2.45, 2.75) is 40.0 Å². The molecule has 0 fully saturated rings. The maximum atomic E-state index is 5.64. The van der Waals surface area contributed by atoms with Crippen LogP contribution < -0.4 is 5.73 Å². The predicted molar refractivity (Wildman–Crippen MR) is 95.1 cm³/mol. The molecular formula is C19H24N4. The number of fused-ring (bicyclic) bond motifs is 1. The summed E-state index contributed by atoms with van der Waals surface area (Å²) in [6, 6.07) is 10.7. The van der Waals surface area contributed by atoms with Gasteiger partial charge in [0, 0.05) is 17.8 Å². The summed E-state index contributed by atoms with van der Waals surface area (Å²) in [6.45, 7) is 7.00. The minimum atomic E-state index is 0.675. The number of aryl methyl sites for hydroxylation is 3. The second-order valence-corrected chi connectivity index (χ2v) is 6.07. The van der Waals surface area contributed by atoms with Gasteiger partial charge in [0.05, 0.1) is 0 Å². The number of pyridine rings is 1. The van der Waals surface area contributed by atoms with E-state index < -0.39 is 0 Å². The fourth-order valence-electron chi connectivity index (χ4n) is 3.05. The van der Waals surface area contributed by atoms with E-state index >= 15 is 0 Å². The number of hydrogen-bond acceptors (Lipinski definition) is 3. The van der Waals surface area contributed by atoms with Crippen molar-refractivity contribution in [1.29, 1.82) is 0 Å². The monoisotopic (exact) mass is 308 g/mol. The third-order valence-electron chi connectivity index (χ3n) is 4.10. The molecule has 2 aromatic heterocycles. The fraction of sp³-hybridized carbons (Fsp3) is 0.368. The first-order chi connectivity index (χ1) is 11.1. The molecule has 1 aromatic carbocycles. The molecule has 0 unspecified atom stereocenters. The van der Waals surface area contributed by atoms with Gasteiger partial charge in [0.25, 0.3) is 0 Å². The molecule has 0 saturated heterocycles. The molecule has 23 heavy (non-hydrogen) atoms. The highest BCUT2D eigenvalue weighted by molar-refractivity contribution is 5.78. The maximum Gasteiger partial charge on any atom is 0.165 e. The highest BCUT2D eigenvalue weighted by atomic mass is 15.1. The zero-order valence-electron chi connectivity index (χ0n) is 14.1. The summed E-state index contributed by atoms with van der Waals surface area (Å²) in [4.78, 5) is 9.61. The van der Waals surface area contributed by atoms with Crippen LogP contribution in [0.1, 0.15) is 36.0 Å². The standard InChI is InChI=1S/C19H24N4/c1-4-5-17-22-18-13(2)12-14(3)21-19(18)23(17)16-8-6-15(7-9-16)10-11-20/h6-9,12H,4-5,10-11,20H2,1-3H3. The van der Waals surface area contributed by atoms with Gasteiger partial charge in [-0.1, -0.05) is 19.1 Å². The summed E-state index contributed by atoms with van der Waals surface area (Å²) < 4.78 is 2.20. The lowest BCUT2D eigenvalue weighted by molar-refractivity contribution is 0.814. The van der Waals surface area contributed by atoms with Crippen molar-refractivity contribution >= 4 is 11.2 Å². The Bertz CT molecular complexity index is 815. The van der Waals surface area contributed by atoms with Crippen molar-refractivity contribution in [2.24, 2.45) is 5.73 Å².